The monoisotopic (exact) mass is 242 g/mol. The van der Waals surface area contributed by atoms with Crippen molar-refractivity contribution in [3.05, 3.63) is 23.8 Å². The van der Waals surface area contributed by atoms with Crippen molar-refractivity contribution in [2.24, 2.45) is 5.84 Å². The Hall–Kier alpha value is -1.24. The number of hydrogen-bond donors (Lipinski definition) is 1. The molecule has 16 heavy (non-hydrogen) atoms. The molecular formula is C10H14N2O3S. The van der Waals surface area contributed by atoms with E-state index in [0.29, 0.717) is 17.1 Å². The zero-order chi connectivity index (χ0) is 12.1. The molecule has 1 aromatic carbocycles. The van der Waals surface area contributed by atoms with Crippen LogP contribution in [0.1, 0.15) is 10.4 Å². The van der Waals surface area contributed by atoms with Crippen LogP contribution in [0.15, 0.2) is 18.2 Å². The second-order valence-electron chi connectivity index (χ2n) is 2.99. The average molecular weight is 242 g/mol. The third-order valence-corrected chi connectivity index (χ3v) is 2.53. The van der Waals surface area contributed by atoms with Crippen LogP contribution in [-0.4, -0.2) is 30.8 Å². The van der Waals surface area contributed by atoms with E-state index in [1.807, 2.05) is 0 Å². The second-order valence-corrected chi connectivity index (χ2v) is 4.12. The van der Waals surface area contributed by atoms with Crippen LogP contribution in [0, 0.1) is 0 Å². The molecule has 0 bridgehead atoms. The quantitative estimate of drug-likeness (QED) is 0.488. The average Bonchev–Trinajstić information content (AvgIpc) is 2.27. The van der Waals surface area contributed by atoms with Gasteiger partial charge < -0.3 is 9.47 Å². The number of carbonyl (C=O) groups is 1. The van der Waals surface area contributed by atoms with Gasteiger partial charge in [0.2, 0.25) is 5.12 Å². The standard InChI is InChI=1S/C10H14N2O3S/c1-12(11)16-10(13)8-6-7(14-2)4-5-9(8)15-3/h4-6H,11H2,1-3H3. The van der Waals surface area contributed by atoms with E-state index >= 15 is 0 Å². The minimum atomic E-state index is -0.194. The first-order valence-electron chi connectivity index (χ1n) is 4.51. The lowest BCUT2D eigenvalue weighted by Gasteiger charge is -2.11. The molecule has 0 unspecified atom stereocenters. The van der Waals surface area contributed by atoms with Crippen LogP contribution in [0.25, 0.3) is 0 Å². The fourth-order valence-corrected chi connectivity index (χ4v) is 1.67. The minimum Gasteiger partial charge on any atom is -0.497 e. The number of hydrazine groups is 1. The summed E-state index contributed by atoms with van der Waals surface area (Å²) < 4.78 is 11.4. The van der Waals surface area contributed by atoms with Gasteiger partial charge in [0.05, 0.1) is 19.8 Å². The summed E-state index contributed by atoms with van der Waals surface area (Å²) in [6, 6.07) is 5.03. The van der Waals surface area contributed by atoms with Gasteiger partial charge in [0.1, 0.15) is 11.5 Å². The predicted molar refractivity (Wildman–Crippen MR) is 63.4 cm³/mol. The first kappa shape index (κ1) is 12.8. The highest BCUT2D eigenvalue weighted by Crippen LogP contribution is 2.27. The molecule has 0 spiro atoms. The fourth-order valence-electron chi connectivity index (χ4n) is 1.15. The van der Waals surface area contributed by atoms with Crippen molar-refractivity contribution >= 4 is 17.1 Å². The summed E-state index contributed by atoms with van der Waals surface area (Å²) in [7, 11) is 4.64. The SMILES string of the molecule is COc1ccc(OC)c(C(=O)SN(C)N)c1. The van der Waals surface area contributed by atoms with Crippen molar-refractivity contribution in [2.75, 3.05) is 21.3 Å². The zero-order valence-corrected chi connectivity index (χ0v) is 10.2. The molecule has 0 amide bonds. The topological polar surface area (TPSA) is 64.8 Å². The molecule has 0 atom stereocenters. The molecule has 6 heteroatoms. The molecule has 0 aliphatic rings. The smallest absolute Gasteiger partial charge is 0.239 e. The third-order valence-electron chi connectivity index (χ3n) is 1.85. The molecule has 5 nitrogen and oxygen atoms in total. The van der Waals surface area contributed by atoms with E-state index in [-0.39, 0.29) is 5.12 Å². The molecule has 0 heterocycles. The summed E-state index contributed by atoms with van der Waals surface area (Å²) in [4.78, 5) is 11.8. The highest BCUT2D eigenvalue weighted by Gasteiger charge is 2.15. The third kappa shape index (κ3) is 3.13. The van der Waals surface area contributed by atoms with Crippen molar-refractivity contribution in [1.82, 2.24) is 4.41 Å². The summed E-state index contributed by atoms with van der Waals surface area (Å²) >= 11 is 0.893. The van der Waals surface area contributed by atoms with Gasteiger partial charge >= 0.3 is 0 Å². The molecule has 0 saturated heterocycles. The van der Waals surface area contributed by atoms with Crippen LogP contribution in [-0.2, 0) is 0 Å². The normalized spacial score (nSPS) is 10.3. The van der Waals surface area contributed by atoms with E-state index in [4.69, 9.17) is 15.3 Å². The highest BCUT2D eigenvalue weighted by atomic mass is 32.2. The number of nitrogens with zero attached hydrogens (tertiary/aromatic N) is 1. The van der Waals surface area contributed by atoms with Gasteiger partial charge in [-0.2, -0.15) is 4.41 Å². The van der Waals surface area contributed by atoms with Gasteiger partial charge in [0.15, 0.2) is 0 Å². The molecular weight excluding hydrogens is 228 g/mol. The molecule has 0 aliphatic heterocycles. The summed E-state index contributed by atoms with van der Waals surface area (Å²) in [6.45, 7) is 0. The molecule has 0 radical (unpaired) electrons. The highest BCUT2D eigenvalue weighted by molar-refractivity contribution is 8.12. The van der Waals surface area contributed by atoms with E-state index in [1.54, 1.807) is 25.2 Å². The molecule has 1 rings (SSSR count). The van der Waals surface area contributed by atoms with E-state index in [1.165, 1.54) is 18.6 Å². The van der Waals surface area contributed by atoms with E-state index in [9.17, 15) is 4.79 Å². The summed E-state index contributed by atoms with van der Waals surface area (Å²) in [5, 5.41) is -0.194. The number of ether oxygens (including phenoxy) is 2. The number of rotatable bonds is 4. The van der Waals surface area contributed by atoms with E-state index in [0.717, 1.165) is 11.9 Å². The van der Waals surface area contributed by atoms with Crippen LogP contribution < -0.4 is 15.3 Å². The Morgan fingerprint density at radius 1 is 1.38 bits per heavy atom. The number of hydrogen-bond acceptors (Lipinski definition) is 6. The maximum atomic E-state index is 11.8. The molecule has 2 N–H and O–H groups in total. The van der Waals surface area contributed by atoms with E-state index in [2.05, 4.69) is 0 Å². The molecule has 0 aliphatic carbocycles. The maximum Gasteiger partial charge on any atom is 0.239 e. The van der Waals surface area contributed by atoms with Crippen LogP contribution in [0.4, 0.5) is 0 Å². The Morgan fingerprint density at radius 2 is 2.06 bits per heavy atom. The molecule has 0 aromatic heterocycles. The largest absolute Gasteiger partial charge is 0.497 e. The fraction of sp³-hybridized carbons (Fsp3) is 0.300. The first-order valence-corrected chi connectivity index (χ1v) is 5.28. The lowest BCUT2D eigenvalue weighted by atomic mass is 10.2. The van der Waals surface area contributed by atoms with Crippen molar-refractivity contribution in [3.8, 4) is 11.5 Å². The Labute approximate surface area is 98.6 Å². The van der Waals surface area contributed by atoms with Crippen molar-refractivity contribution in [1.29, 1.82) is 0 Å². The van der Waals surface area contributed by atoms with Crippen LogP contribution in [0.3, 0.4) is 0 Å². The van der Waals surface area contributed by atoms with E-state index < -0.39 is 0 Å². The maximum absolute atomic E-state index is 11.8. The summed E-state index contributed by atoms with van der Waals surface area (Å²) in [6.07, 6.45) is 0. The molecule has 0 saturated carbocycles. The van der Waals surface area contributed by atoms with Gasteiger partial charge in [-0.15, -0.1) is 0 Å². The lowest BCUT2D eigenvalue weighted by Crippen LogP contribution is -2.20. The zero-order valence-electron chi connectivity index (χ0n) is 9.39. The van der Waals surface area contributed by atoms with Crippen LogP contribution >= 0.6 is 11.9 Å². The summed E-state index contributed by atoms with van der Waals surface area (Å²) in [5.41, 5.74) is 0.434. The minimum absolute atomic E-state index is 0.194. The second kappa shape index (κ2) is 5.74. The summed E-state index contributed by atoms with van der Waals surface area (Å²) in [5.74, 6) is 6.50. The van der Waals surface area contributed by atoms with Crippen molar-refractivity contribution < 1.29 is 14.3 Å². The number of methoxy groups -OCH3 is 2. The molecule has 1 aromatic rings. The Kier molecular flexibility index (Phi) is 4.60. The number of nitrogens with two attached hydrogens (primary N) is 1. The van der Waals surface area contributed by atoms with Gasteiger partial charge in [-0.05, 0) is 18.2 Å². The van der Waals surface area contributed by atoms with Gasteiger partial charge in [-0.3, -0.25) is 10.6 Å². The Morgan fingerprint density at radius 3 is 2.56 bits per heavy atom. The molecule has 0 fully saturated rings. The van der Waals surface area contributed by atoms with Gasteiger partial charge in [0.25, 0.3) is 0 Å². The van der Waals surface area contributed by atoms with Crippen molar-refractivity contribution in [2.45, 2.75) is 0 Å². The molecule has 88 valence electrons. The first-order chi connectivity index (χ1) is 7.58. The Balaban J connectivity index is 3.03. The van der Waals surface area contributed by atoms with Gasteiger partial charge in [-0.25, -0.2) is 0 Å². The van der Waals surface area contributed by atoms with Gasteiger partial charge in [-0.1, -0.05) is 0 Å². The predicted octanol–water partition coefficient (Wildman–Crippen LogP) is 1.30. The Bertz CT molecular complexity index is 382. The lowest BCUT2D eigenvalue weighted by molar-refractivity contribution is 0.108. The van der Waals surface area contributed by atoms with Crippen LogP contribution in [0.2, 0.25) is 0 Å². The number of carbonyl (C=O) groups excluding carboxylic acids is 1. The van der Waals surface area contributed by atoms with Crippen LogP contribution in [0.5, 0.6) is 11.5 Å². The van der Waals surface area contributed by atoms with Gasteiger partial charge in [0, 0.05) is 19.0 Å². The number of benzene rings is 1. The van der Waals surface area contributed by atoms with Crippen molar-refractivity contribution in [3.63, 3.8) is 0 Å².